The van der Waals surface area contributed by atoms with Crippen LogP contribution in [0.15, 0.2) is 24.3 Å². The molecule has 0 bridgehead atoms. The van der Waals surface area contributed by atoms with Crippen molar-refractivity contribution in [1.82, 2.24) is 10.6 Å². The zero-order chi connectivity index (χ0) is 15.4. The minimum Gasteiger partial charge on any atom is -0.389 e. The minimum absolute atomic E-state index is 0.130. The maximum absolute atomic E-state index is 11.9. The molecule has 0 aliphatic heterocycles. The van der Waals surface area contributed by atoms with E-state index in [0.29, 0.717) is 11.0 Å². The van der Waals surface area contributed by atoms with Crippen LogP contribution >= 0.6 is 12.2 Å². The van der Waals surface area contributed by atoms with Gasteiger partial charge in [0.15, 0.2) is 0 Å². The molecule has 0 saturated heterocycles. The molecule has 2 amide bonds. The van der Waals surface area contributed by atoms with Crippen LogP contribution < -0.4 is 16.4 Å². The van der Waals surface area contributed by atoms with E-state index in [4.69, 9.17) is 18.0 Å². The number of rotatable bonds is 6. The van der Waals surface area contributed by atoms with Crippen molar-refractivity contribution in [2.24, 2.45) is 5.73 Å². The summed E-state index contributed by atoms with van der Waals surface area (Å²) in [5.41, 5.74) is 7.14. The molecule has 4 N–H and O–H groups in total. The average Bonchev–Trinajstić information content (AvgIpc) is 3.23. The molecular weight excluding hydrogens is 286 g/mol. The summed E-state index contributed by atoms with van der Waals surface area (Å²) in [6.07, 6.45) is 2.28. The van der Waals surface area contributed by atoms with Crippen LogP contribution in [0.25, 0.3) is 0 Å². The van der Waals surface area contributed by atoms with Crippen LogP contribution in [0.3, 0.4) is 0 Å². The van der Waals surface area contributed by atoms with Crippen molar-refractivity contribution in [1.29, 1.82) is 0 Å². The maximum atomic E-state index is 11.9. The van der Waals surface area contributed by atoms with Gasteiger partial charge in [0.1, 0.15) is 11.0 Å². The van der Waals surface area contributed by atoms with Crippen molar-refractivity contribution in [3.05, 3.63) is 35.4 Å². The predicted molar refractivity (Wildman–Crippen MR) is 84.8 cm³/mol. The van der Waals surface area contributed by atoms with Gasteiger partial charge in [-0.25, -0.2) is 0 Å². The first-order valence-electron chi connectivity index (χ1n) is 6.94. The summed E-state index contributed by atoms with van der Waals surface area (Å²) in [5, 5.41) is 5.56. The highest BCUT2D eigenvalue weighted by Gasteiger charge is 2.26. The Morgan fingerprint density at radius 1 is 1.33 bits per heavy atom. The molecule has 0 radical (unpaired) electrons. The standard InChI is InChI=1S/C15H19N3O2S/c1-9(15(20)18-12-6-7-12)17-13(19)8-10-2-4-11(5-3-10)14(16)21/h2-5,9,12H,6-8H2,1H3,(H2,16,21)(H,17,19)(H,18,20). The molecule has 1 unspecified atom stereocenters. The van der Waals surface area contributed by atoms with Crippen molar-refractivity contribution in [3.8, 4) is 0 Å². The molecule has 5 nitrogen and oxygen atoms in total. The number of amides is 2. The third kappa shape index (κ3) is 4.82. The van der Waals surface area contributed by atoms with Crippen molar-refractivity contribution < 1.29 is 9.59 Å². The van der Waals surface area contributed by atoms with Crippen LogP contribution in [0.1, 0.15) is 30.9 Å². The monoisotopic (exact) mass is 305 g/mol. The molecule has 21 heavy (non-hydrogen) atoms. The number of benzene rings is 1. The van der Waals surface area contributed by atoms with Crippen LogP contribution in [0.5, 0.6) is 0 Å². The molecule has 1 aromatic rings. The second-order valence-corrected chi connectivity index (χ2v) is 5.75. The van der Waals surface area contributed by atoms with Crippen molar-refractivity contribution in [2.75, 3.05) is 0 Å². The lowest BCUT2D eigenvalue weighted by atomic mass is 10.1. The Morgan fingerprint density at radius 2 is 1.95 bits per heavy atom. The Labute approximate surface area is 129 Å². The summed E-state index contributed by atoms with van der Waals surface area (Å²) < 4.78 is 0. The number of carbonyl (C=O) groups is 2. The SMILES string of the molecule is CC(NC(=O)Cc1ccc(C(N)=S)cc1)C(=O)NC1CC1. The van der Waals surface area contributed by atoms with Crippen LogP contribution in [0, 0.1) is 0 Å². The van der Waals surface area contributed by atoms with Gasteiger partial charge < -0.3 is 16.4 Å². The summed E-state index contributed by atoms with van der Waals surface area (Å²) in [5.74, 6) is -0.314. The van der Waals surface area contributed by atoms with Crippen molar-refractivity contribution >= 4 is 29.0 Å². The molecule has 0 aromatic heterocycles. The van der Waals surface area contributed by atoms with E-state index < -0.39 is 6.04 Å². The second kappa shape index (κ2) is 6.67. The number of hydrogen-bond acceptors (Lipinski definition) is 3. The molecule has 2 rings (SSSR count). The largest absolute Gasteiger partial charge is 0.389 e. The number of hydrogen-bond donors (Lipinski definition) is 3. The summed E-state index contributed by atoms with van der Waals surface area (Å²) in [4.78, 5) is 24.0. The highest BCUT2D eigenvalue weighted by Crippen LogP contribution is 2.18. The summed E-state index contributed by atoms with van der Waals surface area (Å²) >= 11 is 4.87. The molecule has 0 spiro atoms. The van der Waals surface area contributed by atoms with Crippen molar-refractivity contribution in [2.45, 2.75) is 38.3 Å². The maximum Gasteiger partial charge on any atom is 0.242 e. The van der Waals surface area contributed by atoms with Gasteiger partial charge in [-0.05, 0) is 25.3 Å². The number of nitrogens with one attached hydrogen (secondary N) is 2. The van der Waals surface area contributed by atoms with Gasteiger partial charge in [0.25, 0.3) is 0 Å². The lowest BCUT2D eigenvalue weighted by Crippen LogP contribution is -2.45. The fourth-order valence-corrected chi connectivity index (χ4v) is 2.02. The summed E-state index contributed by atoms with van der Waals surface area (Å²) in [6.45, 7) is 1.69. The average molecular weight is 305 g/mol. The Balaban J connectivity index is 1.82. The van der Waals surface area contributed by atoms with Gasteiger partial charge >= 0.3 is 0 Å². The van der Waals surface area contributed by atoms with E-state index in [1.807, 2.05) is 12.1 Å². The first-order chi connectivity index (χ1) is 9.95. The first-order valence-corrected chi connectivity index (χ1v) is 7.35. The van der Waals surface area contributed by atoms with E-state index in [-0.39, 0.29) is 18.2 Å². The Hall–Kier alpha value is -1.95. The van der Waals surface area contributed by atoms with Crippen molar-refractivity contribution in [3.63, 3.8) is 0 Å². The molecule has 0 heterocycles. The quantitative estimate of drug-likeness (QED) is 0.674. The van der Waals surface area contributed by atoms with Gasteiger partial charge in [-0.3, -0.25) is 9.59 Å². The fraction of sp³-hybridized carbons (Fsp3) is 0.400. The number of carbonyl (C=O) groups excluding carboxylic acids is 2. The van der Waals surface area contributed by atoms with E-state index >= 15 is 0 Å². The lowest BCUT2D eigenvalue weighted by molar-refractivity contribution is -0.128. The molecule has 1 aliphatic carbocycles. The van der Waals surface area contributed by atoms with Crippen LogP contribution in [-0.4, -0.2) is 28.9 Å². The highest BCUT2D eigenvalue weighted by molar-refractivity contribution is 7.80. The zero-order valence-corrected chi connectivity index (χ0v) is 12.7. The molecule has 1 aromatic carbocycles. The predicted octanol–water partition coefficient (Wildman–Crippen LogP) is 0.647. The van der Waals surface area contributed by atoms with E-state index in [1.165, 1.54) is 0 Å². The zero-order valence-electron chi connectivity index (χ0n) is 11.9. The molecule has 1 aliphatic rings. The molecule has 112 valence electrons. The third-order valence-electron chi connectivity index (χ3n) is 3.30. The molecule has 1 fully saturated rings. The molecule has 1 atom stereocenters. The lowest BCUT2D eigenvalue weighted by Gasteiger charge is -2.14. The third-order valence-corrected chi connectivity index (χ3v) is 3.53. The Bertz CT molecular complexity index is 553. The summed E-state index contributed by atoms with van der Waals surface area (Å²) in [6, 6.07) is 6.97. The Morgan fingerprint density at radius 3 is 2.48 bits per heavy atom. The van der Waals surface area contributed by atoms with Gasteiger partial charge in [-0.2, -0.15) is 0 Å². The van der Waals surface area contributed by atoms with Gasteiger partial charge in [0.2, 0.25) is 11.8 Å². The van der Waals surface area contributed by atoms with E-state index in [2.05, 4.69) is 10.6 Å². The van der Waals surface area contributed by atoms with E-state index in [9.17, 15) is 9.59 Å². The first kappa shape index (κ1) is 15.4. The van der Waals surface area contributed by atoms with E-state index in [1.54, 1.807) is 19.1 Å². The van der Waals surface area contributed by atoms with Gasteiger partial charge in [-0.1, -0.05) is 36.5 Å². The van der Waals surface area contributed by atoms with Crippen LogP contribution in [-0.2, 0) is 16.0 Å². The number of nitrogens with two attached hydrogens (primary N) is 1. The van der Waals surface area contributed by atoms with Gasteiger partial charge in [-0.15, -0.1) is 0 Å². The fourth-order valence-electron chi connectivity index (χ4n) is 1.88. The Kier molecular flexibility index (Phi) is 4.90. The van der Waals surface area contributed by atoms with Gasteiger partial charge in [0.05, 0.1) is 6.42 Å². The molecule has 1 saturated carbocycles. The smallest absolute Gasteiger partial charge is 0.242 e. The second-order valence-electron chi connectivity index (χ2n) is 5.31. The minimum atomic E-state index is -0.519. The van der Waals surface area contributed by atoms with Crippen LogP contribution in [0.2, 0.25) is 0 Å². The molecule has 6 heteroatoms. The molecular formula is C15H19N3O2S. The van der Waals surface area contributed by atoms with Gasteiger partial charge in [0, 0.05) is 11.6 Å². The van der Waals surface area contributed by atoms with E-state index in [0.717, 1.165) is 24.0 Å². The number of thiocarbonyl (C=S) groups is 1. The highest BCUT2D eigenvalue weighted by atomic mass is 32.1. The topological polar surface area (TPSA) is 84.2 Å². The normalized spacial score (nSPS) is 15.1. The van der Waals surface area contributed by atoms with Crippen LogP contribution in [0.4, 0.5) is 0 Å². The summed E-state index contributed by atoms with van der Waals surface area (Å²) in [7, 11) is 0.